The first-order chi connectivity index (χ1) is 13.9. The normalized spacial score (nSPS) is 18.3. The van der Waals surface area contributed by atoms with E-state index in [0.717, 1.165) is 0 Å². The molecule has 1 aromatic carbocycles. The van der Waals surface area contributed by atoms with E-state index in [1.807, 2.05) is 18.2 Å². The number of anilines is 1. The van der Waals surface area contributed by atoms with Crippen molar-refractivity contribution in [3.8, 4) is 10.7 Å². The summed E-state index contributed by atoms with van der Waals surface area (Å²) in [6, 6.07) is 11.8. The molecule has 4 amide bonds. The number of carbonyl (C=O) groups is 3. The summed E-state index contributed by atoms with van der Waals surface area (Å²) in [7, 11) is 0. The monoisotopic (exact) mass is 407 g/mol. The first kappa shape index (κ1) is 18.8. The van der Waals surface area contributed by atoms with Crippen LogP contribution in [0.1, 0.15) is 27.9 Å². The summed E-state index contributed by atoms with van der Waals surface area (Å²) >= 11 is 1.26. The summed E-state index contributed by atoms with van der Waals surface area (Å²) < 4.78 is 0. The molecular weight excluding hydrogens is 390 g/mol. The second-order valence-electron chi connectivity index (χ2n) is 6.72. The summed E-state index contributed by atoms with van der Waals surface area (Å²) in [5, 5.41) is 8.35. The number of pyridine rings is 1. The molecule has 0 aliphatic carbocycles. The Balaban J connectivity index is 1.58. The van der Waals surface area contributed by atoms with Crippen LogP contribution >= 0.6 is 11.3 Å². The molecule has 1 atom stereocenters. The van der Waals surface area contributed by atoms with Crippen molar-refractivity contribution >= 4 is 34.9 Å². The Kier molecular flexibility index (Phi) is 4.59. The van der Waals surface area contributed by atoms with Crippen LogP contribution < -0.4 is 16.0 Å². The van der Waals surface area contributed by atoms with Gasteiger partial charge < -0.3 is 10.6 Å². The second kappa shape index (κ2) is 7.10. The first-order valence-corrected chi connectivity index (χ1v) is 9.63. The van der Waals surface area contributed by atoms with Crippen molar-refractivity contribution < 1.29 is 14.4 Å². The molecule has 0 radical (unpaired) electrons. The third-order valence-electron chi connectivity index (χ3n) is 4.63. The van der Waals surface area contributed by atoms with Crippen molar-refractivity contribution in [1.29, 1.82) is 0 Å². The highest BCUT2D eigenvalue weighted by atomic mass is 32.1. The molecule has 1 aliphatic rings. The van der Waals surface area contributed by atoms with E-state index in [0.29, 0.717) is 32.5 Å². The van der Waals surface area contributed by atoms with E-state index in [-0.39, 0.29) is 5.91 Å². The highest BCUT2D eigenvalue weighted by Gasteiger charge is 2.43. The van der Waals surface area contributed by atoms with Gasteiger partial charge in [-0.05, 0) is 43.7 Å². The maximum atomic E-state index is 12.8. The maximum absolute atomic E-state index is 12.8. The van der Waals surface area contributed by atoms with E-state index in [1.165, 1.54) is 11.3 Å². The van der Waals surface area contributed by atoms with E-state index in [2.05, 4.69) is 25.9 Å². The van der Waals surface area contributed by atoms with Gasteiger partial charge in [-0.3, -0.25) is 19.9 Å². The molecule has 3 aromatic rings. The van der Waals surface area contributed by atoms with Gasteiger partial charge in [0.15, 0.2) is 0 Å². The van der Waals surface area contributed by atoms with Gasteiger partial charge in [0.1, 0.15) is 15.4 Å². The Morgan fingerprint density at radius 1 is 1.17 bits per heavy atom. The van der Waals surface area contributed by atoms with E-state index in [1.54, 1.807) is 44.3 Å². The summed E-state index contributed by atoms with van der Waals surface area (Å²) in [4.78, 5) is 45.7. The number of nitrogens with one attached hydrogen (secondary N) is 3. The molecule has 0 unspecified atom stereocenters. The van der Waals surface area contributed by atoms with Crippen LogP contribution in [0.3, 0.4) is 0 Å². The molecule has 8 nitrogen and oxygen atoms in total. The predicted molar refractivity (Wildman–Crippen MR) is 109 cm³/mol. The van der Waals surface area contributed by atoms with E-state index < -0.39 is 17.5 Å². The van der Waals surface area contributed by atoms with Crippen molar-refractivity contribution in [2.24, 2.45) is 0 Å². The first-order valence-electron chi connectivity index (χ1n) is 8.81. The standard InChI is InChI=1S/C20H17N5O3S/c1-11-15(29-17(22-11)14-8-3-4-9-21-14)16(26)23-13-7-5-6-12(10-13)20(2)18(27)24-19(28)25-20/h3-10H,1-2H3,(H,23,26)(H2,24,25,27,28)/t20-/m1/s1. The lowest BCUT2D eigenvalue weighted by molar-refractivity contribution is -0.123. The van der Waals surface area contributed by atoms with Crippen LogP contribution in [0, 0.1) is 6.92 Å². The highest BCUT2D eigenvalue weighted by Crippen LogP contribution is 2.29. The average Bonchev–Trinajstić information content (AvgIpc) is 3.22. The Bertz CT molecular complexity index is 1130. The quantitative estimate of drug-likeness (QED) is 0.576. The van der Waals surface area contributed by atoms with Crippen molar-refractivity contribution in [2.75, 3.05) is 5.32 Å². The Morgan fingerprint density at radius 2 is 2.00 bits per heavy atom. The van der Waals surface area contributed by atoms with Crippen molar-refractivity contribution in [2.45, 2.75) is 19.4 Å². The third-order valence-corrected chi connectivity index (χ3v) is 5.81. The van der Waals surface area contributed by atoms with Gasteiger partial charge in [-0.25, -0.2) is 9.78 Å². The summed E-state index contributed by atoms with van der Waals surface area (Å²) in [5.74, 6) is -0.742. The Labute approximate surface area is 170 Å². The summed E-state index contributed by atoms with van der Waals surface area (Å²) in [6.07, 6.45) is 1.68. The van der Waals surface area contributed by atoms with Gasteiger partial charge in [0.05, 0.1) is 11.4 Å². The van der Waals surface area contributed by atoms with Gasteiger partial charge in [0.25, 0.3) is 11.8 Å². The third kappa shape index (κ3) is 3.47. The van der Waals surface area contributed by atoms with Gasteiger partial charge in [-0.15, -0.1) is 11.3 Å². The number of thiazole rings is 1. The number of aryl methyl sites for hydroxylation is 1. The lowest BCUT2D eigenvalue weighted by atomic mass is 9.92. The molecule has 2 aromatic heterocycles. The van der Waals surface area contributed by atoms with Gasteiger partial charge in [-0.2, -0.15) is 0 Å². The number of nitrogens with zero attached hydrogens (tertiary/aromatic N) is 2. The fourth-order valence-electron chi connectivity index (χ4n) is 3.05. The summed E-state index contributed by atoms with van der Waals surface area (Å²) in [6.45, 7) is 3.38. The fourth-order valence-corrected chi connectivity index (χ4v) is 3.99. The number of hydrogen-bond acceptors (Lipinski definition) is 6. The van der Waals surface area contributed by atoms with Crippen molar-refractivity contribution in [3.63, 3.8) is 0 Å². The molecule has 1 saturated heterocycles. The number of urea groups is 1. The number of hydrogen-bond donors (Lipinski definition) is 3. The smallest absolute Gasteiger partial charge is 0.321 e. The Hall–Kier alpha value is -3.59. The molecule has 3 N–H and O–H groups in total. The molecule has 0 spiro atoms. The Morgan fingerprint density at radius 3 is 2.69 bits per heavy atom. The zero-order valence-electron chi connectivity index (χ0n) is 15.6. The van der Waals surface area contributed by atoms with Gasteiger partial charge >= 0.3 is 6.03 Å². The van der Waals surface area contributed by atoms with Gasteiger partial charge in [-0.1, -0.05) is 18.2 Å². The minimum Gasteiger partial charge on any atom is -0.321 e. The van der Waals surface area contributed by atoms with E-state index >= 15 is 0 Å². The fraction of sp³-hybridized carbons (Fsp3) is 0.150. The molecule has 1 fully saturated rings. The number of rotatable bonds is 4. The minimum atomic E-state index is -1.19. The van der Waals surface area contributed by atoms with Gasteiger partial charge in [0, 0.05) is 11.9 Å². The zero-order chi connectivity index (χ0) is 20.6. The SMILES string of the molecule is Cc1nc(-c2ccccn2)sc1C(=O)Nc1cccc([C@@]2(C)NC(=O)NC2=O)c1. The van der Waals surface area contributed by atoms with Crippen LogP contribution in [0.25, 0.3) is 10.7 Å². The van der Waals surface area contributed by atoms with Gasteiger partial charge in [0.2, 0.25) is 0 Å². The maximum Gasteiger partial charge on any atom is 0.322 e. The summed E-state index contributed by atoms with van der Waals surface area (Å²) in [5.41, 5.74) is 1.20. The van der Waals surface area contributed by atoms with Crippen LogP contribution in [-0.4, -0.2) is 27.8 Å². The molecular formula is C20H17N5O3S. The van der Waals surface area contributed by atoms with Crippen LogP contribution in [-0.2, 0) is 10.3 Å². The number of aromatic nitrogens is 2. The minimum absolute atomic E-state index is 0.301. The topological polar surface area (TPSA) is 113 Å². The lowest BCUT2D eigenvalue weighted by Gasteiger charge is -2.21. The highest BCUT2D eigenvalue weighted by molar-refractivity contribution is 7.17. The molecule has 29 heavy (non-hydrogen) atoms. The number of carbonyl (C=O) groups excluding carboxylic acids is 3. The van der Waals surface area contributed by atoms with Crippen LogP contribution in [0.5, 0.6) is 0 Å². The van der Waals surface area contributed by atoms with Crippen molar-refractivity contribution in [3.05, 3.63) is 64.8 Å². The van der Waals surface area contributed by atoms with E-state index in [4.69, 9.17) is 0 Å². The van der Waals surface area contributed by atoms with E-state index in [9.17, 15) is 14.4 Å². The largest absolute Gasteiger partial charge is 0.322 e. The number of imide groups is 1. The average molecular weight is 407 g/mol. The van der Waals surface area contributed by atoms with Crippen molar-refractivity contribution in [1.82, 2.24) is 20.6 Å². The molecule has 3 heterocycles. The predicted octanol–water partition coefficient (Wildman–Crippen LogP) is 2.82. The van der Waals surface area contributed by atoms with Crippen LogP contribution in [0.4, 0.5) is 10.5 Å². The molecule has 1 aliphatic heterocycles. The molecule has 9 heteroatoms. The number of benzene rings is 1. The zero-order valence-corrected chi connectivity index (χ0v) is 16.5. The molecule has 146 valence electrons. The van der Waals surface area contributed by atoms with Crippen LogP contribution in [0.2, 0.25) is 0 Å². The molecule has 0 bridgehead atoms. The lowest BCUT2D eigenvalue weighted by Crippen LogP contribution is -2.40. The number of amides is 4. The van der Waals surface area contributed by atoms with Crippen LogP contribution in [0.15, 0.2) is 48.7 Å². The second-order valence-corrected chi connectivity index (χ2v) is 7.72. The molecule has 0 saturated carbocycles. The molecule has 4 rings (SSSR count).